The van der Waals surface area contributed by atoms with Crippen molar-refractivity contribution in [1.29, 1.82) is 0 Å². The molecule has 0 spiro atoms. The summed E-state index contributed by atoms with van der Waals surface area (Å²) >= 11 is 0. The summed E-state index contributed by atoms with van der Waals surface area (Å²) in [5, 5.41) is 3.01. The van der Waals surface area contributed by atoms with Gasteiger partial charge in [0.25, 0.3) is 0 Å². The molecule has 2 aliphatic rings. The van der Waals surface area contributed by atoms with Crippen molar-refractivity contribution >= 4 is 6.03 Å². The van der Waals surface area contributed by atoms with Gasteiger partial charge in [0.05, 0.1) is 13.2 Å². The molecular formula is C19H29N3O3. The molecule has 1 aromatic carbocycles. The molecule has 138 valence electrons. The number of nitrogens with zero attached hydrogens (tertiary/aromatic N) is 2. The fraction of sp³-hybridized carbons (Fsp3) is 0.632. The average Bonchev–Trinajstić information content (AvgIpc) is 3.07. The van der Waals surface area contributed by atoms with Crippen LogP contribution in [-0.2, 0) is 11.3 Å². The number of ether oxygens (including phenoxy) is 2. The quantitative estimate of drug-likeness (QED) is 0.855. The van der Waals surface area contributed by atoms with Crippen molar-refractivity contribution in [3.05, 3.63) is 29.8 Å². The molecule has 3 rings (SSSR count). The molecule has 2 saturated heterocycles. The third kappa shape index (κ3) is 5.61. The number of carbonyl (C=O) groups is 1. The van der Waals surface area contributed by atoms with E-state index in [0.717, 1.165) is 63.7 Å². The summed E-state index contributed by atoms with van der Waals surface area (Å²) in [6.07, 6.45) is 1.10. The van der Waals surface area contributed by atoms with Gasteiger partial charge in [-0.15, -0.1) is 0 Å². The normalized spacial score (nSPS) is 21.3. The number of amides is 2. The molecule has 1 atom stereocenters. The van der Waals surface area contributed by atoms with Crippen LogP contribution in [0, 0.1) is 5.92 Å². The van der Waals surface area contributed by atoms with E-state index in [1.165, 1.54) is 0 Å². The lowest BCUT2D eigenvalue weighted by Gasteiger charge is -2.26. The third-order valence-electron chi connectivity index (χ3n) is 4.83. The maximum absolute atomic E-state index is 12.2. The van der Waals surface area contributed by atoms with Gasteiger partial charge in [0, 0.05) is 39.3 Å². The van der Waals surface area contributed by atoms with Crippen molar-refractivity contribution in [3.8, 4) is 5.75 Å². The molecule has 0 aromatic heterocycles. The van der Waals surface area contributed by atoms with Crippen molar-refractivity contribution in [1.82, 2.24) is 15.1 Å². The zero-order valence-electron chi connectivity index (χ0n) is 15.1. The molecule has 2 fully saturated rings. The van der Waals surface area contributed by atoms with Crippen LogP contribution in [0.15, 0.2) is 24.3 Å². The monoisotopic (exact) mass is 347 g/mol. The van der Waals surface area contributed by atoms with E-state index in [9.17, 15) is 4.79 Å². The van der Waals surface area contributed by atoms with Crippen LogP contribution >= 0.6 is 0 Å². The van der Waals surface area contributed by atoms with Gasteiger partial charge in [-0.05, 0) is 30.0 Å². The second kappa shape index (κ2) is 9.06. The predicted molar refractivity (Wildman–Crippen MR) is 96.8 cm³/mol. The first-order chi connectivity index (χ1) is 12.2. The molecule has 0 aliphatic carbocycles. The van der Waals surface area contributed by atoms with Crippen molar-refractivity contribution < 1.29 is 14.3 Å². The highest BCUT2D eigenvalue weighted by atomic mass is 16.5. The van der Waals surface area contributed by atoms with Crippen LogP contribution in [0.3, 0.4) is 0 Å². The van der Waals surface area contributed by atoms with Crippen LogP contribution in [0.2, 0.25) is 0 Å². The first-order valence-electron chi connectivity index (χ1n) is 9.25. The maximum Gasteiger partial charge on any atom is 0.317 e. The summed E-state index contributed by atoms with van der Waals surface area (Å²) in [4.78, 5) is 16.4. The topological polar surface area (TPSA) is 54.0 Å². The largest absolute Gasteiger partial charge is 0.492 e. The minimum absolute atomic E-state index is 0.0305. The lowest BCUT2D eigenvalue weighted by molar-refractivity contribution is 0.0322. The molecule has 2 aliphatic heterocycles. The summed E-state index contributed by atoms with van der Waals surface area (Å²) in [7, 11) is 0. The molecule has 2 amide bonds. The molecule has 1 aromatic rings. The Hall–Kier alpha value is -1.79. The first-order valence-corrected chi connectivity index (χ1v) is 9.25. The maximum atomic E-state index is 12.2. The minimum atomic E-state index is 0.0305. The molecule has 6 heteroatoms. The van der Waals surface area contributed by atoms with Crippen LogP contribution in [0.1, 0.15) is 18.9 Å². The fourth-order valence-corrected chi connectivity index (χ4v) is 3.27. The van der Waals surface area contributed by atoms with Crippen molar-refractivity contribution in [3.63, 3.8) is 0 Å². The number of carbonyl (C=O) groups excluding carboxylic acids is 1. The van der Waals surface area contributed by atoms with Gasteiger partial charge in [-0.3, -0.25) is 4.90 Å². The van der Waals surface area contributed by atoms with E-state index in [0.29, 0.717) is 19.1 Å². The lowest BCUT2D eigenvalue weighted by atomic mass is 10.2. The van der Waals surface area contributed by atoms with Crippen LogP contribution in [0.5, 0.6) is 5.75 Å². The van der Waals surface area contributed by atoms with Gasteiger partial charge < -0.3 is 19.7 Å². The molecule has 0 saturated carbocycles. The number of hydrogen-bond donors (Lipinski definition) is 1. The molecule has 1 N–H and O–H groups in total. The Bertz CT molecular complexity index is 561. The van der Waals surface area contributed by atoms with Gasteiger partial charge in [0.2, 0.25) is 0 Å². The Kier molecular flexibility index (Phi) is 6.53. The molecule has 2 heterocycles. The number of urea groups is 1. The summed E-state index contributed by atoms with van der Waals surface area (Å²) in [6.45, 7) is 9.59. The Morgan fingerprint density at radius 1 is 1.32 bits per heavy atom. The van der Waals surface area contributed by atoms with Crippen molar-refractivity contribution in [2.45, 2.75) is 19.9 Å². The van der Waals surface area contributed by atoms with Crippen molar-refractivity contribution in [2.75, 3.05) is 52.5 Å². The fourth-order valence-electron chi connectivity index (χ4n) is 3.27. The van der Waals surface area contributed by atoms with E-state index in [4.69, 9.17) is 9.47 Å². The van der Waals surface area contributed by atoms with E-state index in [2.05, 4.69) is 17.1 Å². The Morgan fingerprint density at radius 3 is 2.92 bits per heavy atom. The number of hydrogen-bond acceptors (Lipinski definition) is 4. The zero-order chi connectivity index (χ0) is 17.5. The molecule has 25 heavy (non-hydrogen) atoms. The van der Waals surface area contributed by atoms with Gasteiger partial charge >= 0.3 is 6.03 Å². The van der Waals surface area contributed by atoms with E-state index < -0.39 is 0 Å². The summed E-state index contributed by atoms with van der Waals surface area (Å²) in [5.41, 5.74) is 1.06. The van der Waals surface area contributed by atoms with Crippen LogP contribution in [0.4, 0.5) is 4.79 Å². The highest BCUT2D eigenvalue weighted by Crippen LogP contribution is 2.16. The number of benzene rings is 1. The number of morpholine rings is 1. The molecule has 6 nitrogen and oxygen atoms in total. The van der Waals surface area contributed by atoms with Gasteiger partial charge in [0.1, 0.15) is 12.4 Å². The highest BCUT2D eigenvalue weighted by Gasteiger charge is 2.22. The SMILES string of the molecule is CC1CCN(C(=O)NCc2cccc(OCCN3CCOCC3)c2)C1. The Balaban J connectivity index is 1.40. The third-order valence-corrected chi connectivity index (χ3v) is 4.83. The van der Waals surface area contributed by atoms with Gasteiger partial charge in [-0.2, -0.15) is 0 Å². The minimum Gasteiger partial charge on any atom is -0.492 e. The summed E-state index contributed by atoms with van der Waals surface area (Å²) < 4.78 is 11.2. The second-order valence-corrected chi connectivity index (χ2v) is 6.95. The number of nitrogens with one attached hydrogen (secondary N) is 1. The Morgan fingerprint density at radius 2 is 2.16 bits per heavy atom. The van der Waals surface area contributed by atoms with E-state index in [-0.39, 0.29) is 6.03 Å². The van der Waals surface area contributed by atoms with Gasteiger partial charge in [-0.25, -0.2) is 4.79 Å². The molecule has 0 bridgehead atoms. The zero-order valence-corrected chi connectivity index (χ0v) is 15.1. The van der Waals surface area contributed by atoms with Gasteiger partial charge in [-0.1, -0.05) is 19.1 Å². The summed E-state index contributed by atoms with van der Waals surface area (Å²) in [5.74, 6) is 1.46. The number of rotatable bonds is 6. The smallest absolute Gasteiger partial charge is 0.317 e. The van der Waals surface area contributed by atoms with Crippen LogP contribution in [-0.4, -0.2) is 68.4 Å². The number of likely N-dealkylation sites (tertiary alicyclic amines) is 1. The Labute approximate surface area is 150 Å². The average molecular weight is 347 g/mol. The second-order valence-electron chi connectivity index (χ2n) is 6.95. The molecular weight excluding hydrogens is 318 g/mol. The van der Waals surface area contributed by atoms with Crippen molar-refractivity contribution in [2.24, 2.45) is 5.92 Å². The van der Waals surface area contributed by atoms with E-state index in [1.54, 1.807) is 0 Å². The van der Waals surface area contributed by atoms with Crippen LogP contribution in [0.25, 0.3) is 0 Å². The summed E-state index contributed by atoms with van der Waals surface area (Å²) in [6, 6.07) is 7.99. The van der Waals surface area contributed by atoms with E-state index in [1.807, 2.05) is 29.2 Å². The standard InChI is InChI=1S/C19H29N3O3/c1-16-5-6-22(15-16)19(23)20-14-17-3-2-4-18(13-17)25-12-9-21-7-10-24-11-8-21/h2-4,13,16H,5-12,14-15H2,1H3,(H,20,23). The van der Waals surface area contributed by atoms with E-state index >= 15 is 0 Å². The van der Waals surface area contributed by atoms with Crippen LogP contribution < -0.4 is 10.1 Å². The highest BCUT2D eigenvalue weighted by molar-refractivity contribution is 5.74. The molecule has 0 radical (unpaired) electrons. The lowest BCUT2D eigenvalue weighted by Crippen LogP contribution is -2.38. The molecule has 1 unspecified atom stereocenters. The van der Waals surface area contributed by atoms with Gasteiger partial charge in [0.15, 0.2) is 0 Å². The first kappa shape index (κ1) is 18.0. The predicted octanol–water partition coefficient (Wildman–Crippen LogP) is 1.95.